The van der Waals surface area contributed by atoms with Crippen LogP contribution in [0.4, 0.5) is 0 Å². The molecule has 0 fully saturated rings. The van der Waals surface area contributed by atoms with E-state index in [-0.39, 0.29) is 23.6 Å². The first-order chi connectivity index (χ1) is 5.00. The molecule has 2 unspecified atom stereocenters. The van der Waals surface area contributed by atoms with Crippen LogP contribution >= 0.6 is 0 Å². The Morgan fingerprint density at radius 3 is 1.91 bits per heavy atom. The molecule has 0 aliphatic rings. The van der Waals surface area contributed by atoms with E-state index in [1.165, 1.54) is 14.0 Å². The van der Waals surface area contributed by atoms with Crippen LogP contribution in [0.15, 0.2) is 0 Å². The van der Waals surface area contributed by atoms with E-state index in [1.54, 1.807) is 13.8 Å². The molecule has 0 aromatic rings. The number of hydrogen-bond acceptors (Lipinski definition) is 3. The highest BCUT2D eigenvalue weighted by molar-refractivity contribution is 5.84. The van der Waals surface area contributed by atoms with Crippen LogP contribution in [0.5, 0.6) is 0 Å². The van der Waals surface area contributed by atoms with E-state index in [9.17, 15) is 9.59 Å². The molecule has 0 aliphatic carbocycles. The molecule has 0 N–H and O–H groups in total. The molecule has 3 nitrogen and oxygen atoms in total. The fourth-order valence-electron chi connectivity index (χ4n) is 0.742. The zero-order valence-corrected chi connectivity index (χ0v) is 7.38. The van der Waals surface area contributed by atoms with Crippen molar-refractivity contribution in [2.24, 2.45) is 11.8 Å². The SMILES string of the molecule is COC(=O)C(C)C(C)C(C)=O. The predicted molar refractivity (Wildman–Crippen MR) is 41.0 cm³/mol. The van der Waals surface area contributed by atoms with Crippen molar-refractivity contribution in [1.82, 2.24) is 0 Å². The molecule has 0 aromatic heterocycles. The van der Waals surface area contributed by atoms with E-state index in [1.807, 2.05) is 0 Å². The number of esters is 1. The van der Waals surface area contributed by atoms with Gasteiger partial charge in [0.2, 0.25) is 0 Å². The molecule has 0 aliphatic heterocycles. The van der Waals surface area contributed by atoms with Crippen LogP contribution in [0.25, 0.3) is 0 Å². The fraction of sp³-hybridized carbons (Fsp3) is 0.750. The zero-order chi connectivity index (χ0) is 9.02. The van der Waals surface area contributed by atoms with E-state index < -0.39 is 0 Å². The highest BCUT2D eigenvalue weighted by Gasteiger charge is 2.23. The predicted octanol–water partition coefficient (Wildman–Crippen LogP) is 1.02. The molecular weight excluding hydrogens is 144 g/mol. The molecule has 0 rings (SSSR count). The summed E-state index contributed by atoms with van der Waals surface area (Å²) >= 11 is 0. The summed E-state index contributed by atoms with van der Waals surface area (Å²) in [7, 11) is 1.33. The van der Waals surface area contributed by atoms with Gasteiger partial charge in [-0.05, 0) is 6.92 Å². The second-order valence-electron chi connectivity index (χ2n) is 2.71. The summed E-state index contributed by atoms with van der Waals surface area (Å²) in [6, 6.07) is 0. The summed E-state index contributed by atoms with van der Waals surface area (Å²) in [5, 5.41) is 0. The smallest absolute Gasteiger partial charge is 0.309 e. The van der Waals surface area contributed by atoms with Gasteiger partial charge in [-0.3, -0.25) is 9.59 Å². The van der Waals surface area contributed by atoms with E-state index in [0.29, 0.717) is 0 Å². The third kappa shape index (κ3) is 2.70. The third-order valence-electron chi connectivity index (χ3n) is 1.96. The van der Waals surface area contributed by atoms with E-state index >= 15 is 0 Å². The number of hydrogen-bond donors (Lipinski definition) is 0. The Bertz CT molecular complexity index is 163. The number of methoxy groups -OCH3 is 1. The Hall–Kier alpha value is -0.860. The molecule has 0 saturated heterocycles. The maximum atomic E-state index is 10.9. The minimum Gasteiger partial charge on any atom is -0.469 e. The number of carbonyl (C=O) groups is 2. The zero-order valence-electron chi connectivity index (χ0n) is 7.38. The van der Waals surface area contributed by atoms with Gasteiger partial charge in [-0.2, -0.15) is 0 Å². The van der Waals surface area contributed by atoms with Gasteiger partial charge >= 0.3 is 5.97 Å². The van der Waals surface area contributed by atoms with Crippen molar-refractivity contribution in [1.29, 1.82) is 0 Å². The number of ether oxygens (including phenoxy) is 1. The summed E-state index contributed by atoms with van der Waals surface area (Å²) in [5.74, 6) is -0.893. The van der Waals surface area contributed by atoms with Crippen molar-refractivity contribution >= 4 is 11.8 Å². The Morgan fingerprint density at radius 2 is 1.64 bits per heavy atom. The molecule has 0 heterocycles. The van der Waals surface area contributed by atoms with Crippen LogP contribution in [-0.4, -0.2) is 18.9 Å². The molecule has 3 heteroatoms. The van der Waals surface area contributed by atoms with Crippen LogP contribution < -0.4 is 0 Å². The van der Waals surface area contributed by atoms with Crippen LogP contribution in [-0.2, 0) is 14.3 Å². The normalized spacial score (nSPS) is 15.3. The second-order valence-corrected chi connectivity index (χ2v) is 2.71. The number of Topliss-reactive ketones (excluding diaryl/α,β-unsaturated/α-hetero) is 1. The summed E-state index contributed by atoms with van der Waals surface area (Å²) in [6.07, 6.45) is 0. The van der Waals surface area contributed by atoms with Crippen LogP contribution in [0.2, 0.25) is 0 Å². The van der Waals surface area contributed by atoms with Crippen molar-refractivity contribution < 1.29 is 14.3 Å². The summed E-state index contributed by atoms with van der Waals surface area (Å²) < 4.78 is 4.49. The van der Waals surface area contributed by atoms with Gasteiger partial charge in [-0.1, -0.05) is 13.8 Å². The molecule has 11 heavy (non-hydrogen) atoms. The lowest BCUT2D eigenvalue weighted by atomic mass is 9.93. The maximum absolute atomic E-state index is 10.9. The summed E-state index contributed by atoms with van der Waals surface area (Å²) in [5.41, 5.74) is 0. The van der Waals surface area contributed by atoms with E-state index in [4.69, 9.17) is 0 Å². The summed E-state index contributed by atoms with van der Waals surface area (Å²) in [6.45, 7) is 4.89. The second kappa shape index (κ2) is 4.11. The largest absolute Gasteiger partial charge is 0.469 e. The molecular formula is C8H14O3. The van der Waals surface area contributed by atoms with Crippen molar-refractivity contribution in [3.05, 3.63) is 0 Å². The van der Waals surface area contributed by atoms with Crippen LogP contribution in [0.3, 0.4) is 0 Å². The van der Waals surface area contributed by atoms with Gasteiger partial charge in [0.05, 0.1) is 13.0 Å². The van der Waals surface area contributed by atoms with Crippen molar-refractivity contribution in [3.63, 3.8) is 0 Å². The van der Waals surface area contributed by atoms with Gasteiger partial charge in [0, 0.05) is 5.92 Å². The highest BCUT2D eigenvalue weighted by atomic mass is 16.5. The quantitative estimate of drug-likeness (QED) is 0.576. The fourth-order valence-corrected chi connectivity index (χ4v) is 0.742. The number of carbonyl (C=O) groups excluding carboxylic acids is 2. The molecule has 64 valence electrons. The minimum absolute atomic E-state index is 0.0166. The van der Waals surface area contributed by atoms with Crippen molar-refractivity contribution in [2.45, 2.75) is 20.8 Å². The monoisotopic (exact) mass is 158 g/mol. The van der Waals surface area contributed by atoms with Gasteiger partial charge < -0.3 is 4.74 Å². The van der Waals surface area contributed by atoms with Crippen molar-refractivity contribution in [2.75, 3.05) is 7.11 Å². The standard InChI is InChI=1S/C8H14O3/c1-5(7(3)9)6(2)8(10)11-4/h5-6H,1-4H3. The van der Waals surface area contributed by atoms with Crippen LogP contribution in [0.1, 0.15) is 20.8 Å². The lowest BCUT2D eigenvalue weighted by Crippen LogP contribution is -2.24. The van der Waals surface area contributed by atoms with Gasteiger partial charge in [0.1, 0.15) is 5.78 Å². The highest BCUT2D eigenvalue weighted by Crippen LogP contribution is 2.12. The Morgan fingerprint density at radius 1 is 1.18 bits per heavy atom. The number of rotatable bonds is 3. The van der Waals surface area contributed by atoms with Gasteiger partial charge in [0.15, 0.2) is 0 Å². The average Bonchev–Trinajstić information content (AvgIpc) is 2.00. The molecule has 0 bridgehead atoms. The van der Waals surface area contributed by atoms with E-state index in [2.05, 4.69) is 4.74 Å². The summed E-state index contributed by atoms with van der Waals surface area (Å²) in [4.78, 5) is 21.7. The molecule has 0 aromatic carbocycles. The first-order valence-corrected chi connectivity index (χ1v) is 3.59. The van der Waals surface area contributed by atoms with Gasteiger partial charge in [0.25, 0.3) is 0 Å². The van der Waals surface area contributed by atoms with Gasteiger partial charge in [-0.25, -0.2) is 0 Å². The minimum atomic E-state index is -0.336. The molecule has 0 amide bonds. The third-order valence-corrected chi connectivity index (χ3v) is 1.96. The van der Waals surface area contributed by atoms with E-state index in [0.717, 1.165) is 0 Å². The van der Waals surface area contributed by atoms with Crippen molar-refractivity contribution in [3.8, 4) is 0 Å². The molecule has 0 spiro atoms. The molecule has 0 saturated carbocycles. The number of ketones is 1. The Labute approximate surface area is 66.7 Å². The average molecular weight is 158 g/mol. The first-order valence-electron chi connectivity index (χ1n) is 3.59. The first kappa shape index (κ1) is 10.1. The Balaban J connectivity index is 4.12. The van der Waals surface area contributed by atoms with Gasteiger partial charge in [-0.15, -0.1) is 0 Å². The Kier molecular flexibility index (Phi) is 3.79. The van der Waals surface area contributed by atoms with Crippen LogP contribution in [0, 0.1) is 11.8 Å². The topological polar surface area (TPSA) is 43.4 Å². The lowest BCUT2D eigenvalue weighted by Gasteiger charge is -2.13. The molecule has 2 atom stereocenters. The maximum Gasteiger partial charge on any atom is 0.309 e. The lowest BCUT2D eigenvalue weighted by molar-refractivity contribution is -0.148. The molecule has 0 radical (unpaired) electrons.